The first-order chi connectivity index (χ1) is 14.7. The highest BCUT2D eigenvalue weighted by atomic mass is 16.7. The molecule has 6 rings (SSSR count). The highest BCUT2D eigenvalue weighted by Crippen LogP contribution is 2.70. The first-order valence-corrected chi connectivity index (χ1v) is 13.1. The van der Waals surface area contributed by atoms with Crippen LogP contribution in [0.1, 0.15) is 79.1 Å². The first-order valence-electron chi connectivity index (χ1n) is 13.1. The molecule has 0 aromatic heterocycles. The Morgan fingerprint density at radius 3 is 2.58 bits per heavy atom. The van der Waals surface area contributed by atoms with Gasteiger partial charge < -0.3 is 19.7 Å². The summed E-state index contributed by atoms with van der Waals surface area (Å²) in [5.41, 5.74) is 1.48. The van der Waals surface area contributed by atoms with Crippen LogP contribution in [-0.2, 0) is 9.47 Å². The summed E-state index contributed by atoms with van der Waals surface area (Å²) in [7, 11) is 0. The molecule has 12 atom stereocenters. The Bertz CT molecular complexity index is 769. The molecule has 2 saturated heterocycles. The minimum atomic E-state index is -0.420. The molecule has 5 fully saturated rings. The molecule has 0 bridgehead atoms. The topological polar surface area (TPSA) is 58.9 Å². The maximum Gasteiger partial charge on any atom is 0.171 e. The van der Waals surface area contributed by atoms with Gasteiger partial charge in [0.05, 0.1) is 24.9 Å². The fraction of sp³-hybridized carbons (Fsp3) is 0.926. The van der Waals surface area contributed by atoms with E-state index in [1.165, 1.54) is 24.8 Å². The van der Waals surface area contributed by atoms with Gasteiger partial charge in [-0.15, -0.1) is 0 Å². The smallest absolute Gasteiger partial charge is 0.171 e. The van der Waals surface area contributed by atoms with Crippen molar-refractivity contribution in [3.63, 3.8) is 0 Å². The van der Waals surface area contributed by atoms with Crippen LogP contribution in [0.4, 0.5) is 0 Å². The summed E-state index contributed by atoms with van der Waals surface area (Å²) in [5.74, 6) is 3.17. The molecule has 174 valence electrons. The van der Waals surface area contributed by atoms with Gasteiger partial charge in [0, 0.05) is 24.2 Å². The molecule has 0 aromatic carbocycles. The van der Waals surface area contributed by atoms with E-state index in [4.69, 9.17) is 9.47 Å². The van der Waals surface area contributed by atoms with Crippen molar-refractivity contribution in [1.29, 1.82) is 0 Å². The predicted molar refractivity (Wildman–Crippen MR) is 119 cm³/mol. The van der Waals surface area contributed by atoms with Gasteiger partial charge in [0.25, 0.3) is 0 Å². The van der Waals surface area contributed by atoms with Crippen LogP contribution in [0.15, 0.2) is 11.6 Å². The normalized spacial score (nSPS) is 60.7. The highest BCUT2D eigenvalue weighted by Gasteiger charge is 2.69. The SMILES string of the molecule is CC1CCC2(OC1)OC1CC3C4CC=C5CC(O)C[C@@H](O)[C@]5(C)C4CC[C@]3(C)C1C2C. The van der Waals surface area contributed by atoms with Gasteiger partial charge in [0.2, 0.25) is 0 Å². The van der Waals surface area contributed by atoms with E-state index < -0.39 is 6.10 Å². The Labute approximate surface area is 187 Å². The van der Waals surface area contributed by atoms with E-state index in [0.29, 0.717) is 53.4 Å². The van der Waals surface area contributed by atoms with Crippen molar-refractivity contribution in [1.82, 2.24) is 0 Å². The summed E-state index contributed by atoms with van der Waals surface area (Å²) in [4.78, 5) is 0. The Kier molecular flexibility index (Phi) is 4.64. The number of allylic oxidation sites excluding steroid dienone is 1. The summed E-state index contributed by atoms with van der Waals surface area (Å²) in [5, 5.41) is 21.4. The number of aliphatic hydroxyl groups is 2. The Hall–Kier alpha value is -0.420. The molecule has 2 heterocycles. The lowest BCUT2D eigenvalue weighted by atomic mass is 9.46. The predicted octanol–water partition coefficient (Wildman–Crippen LogP) is 4.68. The number of fused-ring (bicyclic) bond motifs is 7. The zero-order valence-electron chi connectivity index (χ0n) is 19.8. The third-order valence-electron chi connectivity index (χ3n) is 11.4. The molecule has 4 nitrogen and oxygen atoms in total. The van der Waals surface area contributed by atoms with Crippen molar-refractivity contribution in [3.8, 4) is 0 Å². The lowest BCUT2D eigenvalue weighted by Gasteiger charge is -2.59. The van der Waals surface area contributed by atoms with Gasteiger partial charge in [-0.25, -0.2) is 0 Å². The van der Waals surface area contributed by atoms with Crippen LogP contribution in [0.3, 0.4) is 0 Å². The zero-order valence-corrected chi connectivity index (χ0v) is 19.8. The Balaban J connectivity index is 1.29. The molecule has 4 aliphatic carbocycles. The van der Waals surface area contributed by atoms with Gasteiger partial charge in [-0.05, 0) is 73.5 Å². The highest BCUT2D eigenvalue weighted by molar-refractivity contribution is 5.28. The van der Waals surface area contributed by atoms with Crippen molar-refractivity contribution in [3.05, 3.63) is 11.6 Å². The molecule has 0 radical (unpaired) electrons. The standard InChI is InChI=1S/C27H42O4/c1-15-7-10-27(30-14-15)16(2)24-22(31-27)13-21-19-6-5-17-11-18(28)12-23(29)26(17,4)20(19)8-9-25(21,24)3/h5,15-16,18-24,28-29H,6-14H2,1-4H3/t15?,16?,18?,19?,20?,21?,22?,23-,24?,25+,26+,27?/m1/s1. The van der Waals surface area contributed by atoms with Crippen LogP contribution >= 0.6 is 0 Å². The number of aliphatic hydroxyl groups excluding tert-OH is 2. The fourth-order valence-electron chi connectivity index (χ4n) is 9.72. The van der Waals surface area contributed by atoms with E-state index in [-0.39, 0.29) is 17.3 Å². The molecule has 2 N–H and O–H groups in total. The third kappa shape index (κ3) is 2.68. The maximum atomic E-state index is 11.1. The average molecular weight is 431 g/mol. The van der Waals surface area contributed by atoms with Crippen LogP contribution < -0.4 is 0 Å². The van der Waals surface area contributed by atoms with Gasteiger partial charge in [-0.1, -0.05) is 39.3 Å². The number of ether oxygens (including phenoxy) is 2. The molecule has 4 heteroatoms. The van der Waals surface area contributed by atoms with E-state index >= 15 is 0 Å². The van der Waals surface area contributed by atoms with Crippen molar-refractivity contribution in [2.45, 2.75) is 103 Å². The summed E-state index contributed by atoms with van der Waals surface area (Å²) >= 11 is 0. The van der Waals surface area contributed by atoms with Crippen molar-refractivity contribution < 1.29 is 19.7 Å². The quantitative estimate of drug-likeness (QED) is 0.548. The van der Waals surface area contributed by atoms with E-state index in [0.717, 1.165) is 32.3 Å². The van der Waals surface area contributed by atoms with Gasteiger partial charge in [0.1, 0.15) is 0 Å². The van der Waals surface area contributed by atoms with Gasteiger partial charge in [0.15, 0.2) is 5.79 Å². The largest absolute Gasteiger partial charge is 0.393 e. The summed E-state index contributed by atoms with van der Waals surface area (Å²) in [6.07, 6.45) is 10.2. The van der Waals surface area contributed by atoms with E-state index in [1.807, 2.05) is 0 Å². The second-order valence-corrected chi connectivity index (χ2v) is 12.8. The van der Waals surface area contributed by atoms with Crippen LogP contribution in [0.5, 0.6) is 0 Å². The Morgan fingerprint density at radius 2 is 1.84 bits per heavy atom. The van der Waals surface area contributed by atoms with Crippen LogP contribution in [0.2, 0.25) is 0 Å². The number of rotatable bonds is 0. The van der Waals surface area contributed by atoms with E-state index in [9.17, 15) is 10.2 Å². The number of hydrogen-bond donors (Lipinski definition) is 2. The molecule has 9 unspecified atom stereocenters. The van der Waals surface area contributed by atoms with E-state index in [2.05, 4.69) is 33.8 Å². The molecular weight excluding hydrogens is 388 g/mol. The third-order valence-corrected chi connectivity index (χ3v) is 11.4. The van der Waals surface area contributed by atoms with Crippen molar-refractivity contribution in [2.75, 3.05) is 6.61 Å². The van der Waals surface area contributed by atoms with Crippen LogP contribution in [0.25, 0.3) is 0 Å². The first kappa shape index (κ1) is 21.1. The molecule has 0 aromatic rings. The minimum absolute atomic E-state index is 0.155. The number of hydrogen-bond acceptors (Lipinski definition) is 4. The summed E-state index contributed by atoms with van der Waals surface area (Å²) in [6.45, 7) is 10.4. The van der Waals surface area contributed by atoms with Gasteiger partial charge in [-0.3, -0.25) is 0 Å². The zero-order chi connectivity index (χ0) is 21.8. The molecule has 3 saturated carbocycles. The van der Waals surface area contributed by atoms with Crippen molar-refractivity contribution in [2.24, 2.45) is 46.3 Å². The molecule has 1 spiro atoms. The lowest BCUT2D eigenvalue weighted by Crippen LogP contribution is -2.56. The second-order valence-electron chi connectivity index (χ2n) is 12.8. The van der Waals surface area contributed by atoms with Crippen LogP contribution in [0, 0.1) is 46.3 Å². The fourth-order valence-corrected chi connectivity index (χ4v) is 9.72. The minimum Gasteiger partial charge on any atom is -0.393 e. The van der Waals surface area contributed by atoms with Gasteiger partial charge >= 0.3 is 0 Å². The van der Waals surface area contributed by atoms with Crippen molar-refractivity contribution >= 4 is 0 Å². The van der Waals surface area contributed by atoms with E-state index in [1.54, 1.807) is 0 Å². The molecule has 6 aliphatic rings. The second kappa shape index (κ2) is 6.81. The van der Waals surface area contributed by atoms with Crippen LogP contribution in [-0.4, -0.2) is 40.9 Å². The average Bonchev–Trinajstić information content (AvgIpc) is 3.16. The molecular formula is C27H42O4. The molecule has 31 heavy (non-hydrogen) atoms. The summed E-state index contributed by atoms with van der Waals surface area (Å²) < 4.78 is 13.3. The Morgan fingerprint density at radius 1 is 1.03 bits per heavy atom. The molecule has 2 aliphatic heterocycles. The maximum absolute atomic E-state index is 11.1. The summed E-state index contributed by atoms with van der Waals surface area (Å²) in [6, 6.07) is 0. The lowest BCUT2D eigenvalue weighted by molar-refractivity contribution is -0.272. The molecule has 0 amide bonds. The monoisotopic (exact) mass is 430 g/mol. The van der Waals surface area contributed by atoms with Gasteiger partial charge in [-0.2, -0.15) is 0 Å².